The molecule has 0 unspecified atom stereocenters. The lowest BCUT2D eigenvalue weighted by atomic mass is 10.2. The van der Waals surface area contributed by atoms with Crippen molar-refractivity contribution in [2.24, 2.45) is 0 Å². The Labute approximate surface area is 165 Å². The third-order valence-electron chi connectivity index (χ3n) is 4.44. The first kappa shape index (κ1) is 21.0. The number of rotatable bonds is 7. The smallest absolute Gasteiger partial charge is 0.383 e. The van der Waals surface area contributed by atoms with Crippen LogP contribution in [-0.4, -0.2) is 43.8 Å². The van der Waals surface area contributed by atoms with E-state index in [0.717, 1.165) is 25.2 Å². The number of halogens is 3. The molecular weight excluding hydrogens is 415 g/mol. The summed E-state index contributed by atoms with van der Waals surface area (Å²) in [5, 5.41) is 4.01. The van der Waals surface area contributed by atoms with Crippen LogP contribution in [0.5, 0.6) is 0 Å². The Bertz CT molecular complexity index is 1200. The van der Waals surface area contributed by atoms with Gasteiger partial charge in [0.25, 0.3) is 5.56 Å². The number of nitrogens with one attached hydrogen (secondary N) is 1. The van der Waals surface area contributed by atoms with Crippen LogP contribution in [0.15, 0.2) is 20.7 Å². The molecule has 3 aromatic rings. The van der Waals surface area contributed by atoms with Crippen molar-refractivity contribution in [2.75, 3.05) is 13.7 Å². The molecule has 0 aliphatic heterocycles. The van der Waals surface area contributed by atoms with Gasteiger partial charge in [-0.15, -0.1) is 11.3 Å². The molecule has 0 aromatic carbocycles. The zero-order valence-corrected chi connectivity index (χ0v) is 16.4. The van der Waals surface area contributed by atoms with Crippen molar-refractivity contribution in [3.63, 3.8) is 0 Å². The van der Waals surface area contributed by atoms with Crippen LogP contribution in [-0.2, 0) is 24.4 Å². The van der Waals surface area contributed by atoms with Gasteiger partial charge in [-0.25, -0.2) is 14.3 Å². The molecule has 0 bridgehead atoms. The number of thiophene rings is 1. The largest absolute Gasteiger partial charge is 0.390 e. The second-order valence-electron chi connectivity index (χ2n) is 6.33. The van der Waals surface area contributed by atoms with Crippen molar-refractivity contribution in [1.82, 2.24) is 23.9 Å². The number of ether oxygens (including phenoxy) is 1. The molecule has 0 aliphatic carbocycles. The van der Waals surface area contributed by atoms with Crippen LogP contribution in [0.2, 0.25) is 0 Å². The fourth-order valence-electron chi connectivity index (χ4n) is 2.94. The summed E-state index contributed by atoms with van der Waals surface area (Å²) in [7, 11) is 1.39. The van der Waals surface area contributed by atoms with E-state index in [-0.39, 0.29) is 29.9 Å². The van der Waals surface area contributed by atoms with Gasteiger partial charge in [0.15, 0.2) is 0 Å². The van der Waals surface area contributed by atoms with Gasteiger partial charge in [-0.2, -0.15) is 18.3 Å². The van der Waals surface area contributed by atoms with Gasteiger partial charge < -0.3 is 4.74 Å². The average molecular weight is 433 g/mol. The van der Waals surface area contributed by atoms with E-state index in [9.17, 15) is 27.6 Å². The molecule has 29 heavy (non-hydrogen) atoms. The molecular formula is C16H18F3N5O4S. The van der Waals surface area contributed by atoms with Gasteiger partial charge in [-0.1, -0.05) is 0 Å². The Morgan fingerprint density at radius 1 is 1.21 bits per heavy atom. The topological polar surface area (TPSA) is 104 Å². The maximum atomic E-state index is 12.9. The summed E-state index contributed by atoms with van der Waals surface area (Å²) < 4.78 is 46.2. The molecule has 0 radical (unpaired) electrons. The number of nitrogens with zero attached hydrogens (tertiary/aromatic N) is 4. The highest BCUT2D eigenvalue weighted by Gasteiger charge is 2.28. The number of aryl methyl sites for hydroxylation is 2. The fourth-order valence-corrected chi connectivity index (χ4v) is 4.23. The number of hydrogen-bond donors (Lipinski definition) is 1. The predicted molar refractivity (Wildman–Crippen MR) is 99.6 cm³/mol. The van der Waals surface area contributed by atoms with Crippen molar-refractivity contribution >= 4 is 21.6 Å². The van der Waals surface area contributed by atoms with Crippen LogP contribution in [0.4, 0.5) is 13.2 Å². The zero-order chi connectivity index (χ0) is 21.3. The van der Waals surface area contributed by atoms with E-state index in [1.54, 1.807) is 6.92 Å². The van der Waals surface area contributed by atoms with Gasteiger partial charge in [0.05, 0.1) is 31.5 Å². The van der Waals surface area contributed by atoms with Crippen molar-refractivity contribution < 1.29 is 17.9 Å². The summed E-state index contributed by atoms with van der Waals surface area (Å²) >= 11 is 1.01. The van der Waals surface area contributed by atoms with Gasteiger partial charge in [-0.05, 0) is 12.5 Å². The minimum absolute atomic E-state index is 0.0263. The number of aromatic nitrogens is 5. The van der Waals surface area contributed by atoms with E-state index in [4.69, 9.17) is 4.74 Å². The molecule has 0 saturated carbocycles. The Morgan fingerprint density at radius 3 is 2.52 bits per heavy atom. The number of H-pyrrole nitrogens is 1. The Balaban J connectivity index is 2.21. The van der Waals surface area contributed by atoms with Crippen molar-refractivity contribution in [2.45, 2.75) is 39.2 Å². The van der Waals surface area contributed by atoms with Crippen LogP contribution in [0.25, 0.3) is 10.2 Å². The number of aromatic amines is 1. The lowest BCUT2D eigenvalue weighted by Gasteiger charge is -2.13. The molecule has 0 aliphatic rings. The Morgan fingerprint density at radius 2 is 1.93 bits per heavy atom. The average Bonchev–Trinajstić information content (AvgIpc) is 3.18. The number of methoxy groups -OCH3 is 1. The van der Waals surface area contributed by atoms with Crippen LogP contribution >= 0.6 is 11.3 Å². The molecule has 0 amide bonds. The maximum absolute atomic E-state index is 12.9. The van der Waals surface area contributed by atoms with Gasteiger partial charge in [0.1, 0.15) is 11.2 Å². The molecule has 13 heteroatoms. The highest BCUT2D eigenvalue weighted by molar-refractivity contribution is 7.18. The summed E-state index contributed by atoms with van der Waals surface area (Å²) in [4.78, 5) is 40.5. The molecule has 0 spiro atoms. The molecule has 3 aromatic heterocycles. The van der Waals surface area contributed by atoms with Crippen molar-refractivity contribution in [3.8, 4) is 0 Å². The van der Waals surface area contributed by atoms with Crippen molar-refractivity contribution in [3.05, 3.63) is 48.1 Å². The maximum Gasteiger partial charge on any atom is 0.390 e. The van der Waals surface area contributed by atoms with Crippen molar-refractivity contribution in [1.29, 1.82) is 0 Å². The van der Waals surface area contributed by atoms with E-state index < -0.39 is 36.1 Å². The molecule has 3 heterocycles. The van der Waals surface area contributed by atoms with E-state index >= 15 is 0 Å². The molecule has 0 atom stereocenters. The van der Waals surface area contributed by atoms with Crippen LogP contribution < -0.4 is 16.9 Å². The van der Waals surface area contributed by atoms with Crippen LogP contribution in [0.3, 0.4) is 0 Å². The summed E-state index contributed by atoms with van der Waals surface area (Å²) in [6.45, 7) is 1.01. The third-order valence-corrected chi connectivity index (χ3v) is 5.74. The first-order valence-corrected chi connectivity index (χ1v) is 9.37. The first-order valence-electron chi connectivity index (χ1n) is 8.56. The first-order chi connectivity index (χ1) is 13.6. The predicted octanol–water partition coefficient (Wildman–Crippen LogP) is 1.07. The SMILES string of the molecule is COCCn1c(=O)c2c(C)c(Cn3nc[nH]c3=O)sc2n(CCC(F)(F)F)c1=O. The quantitative estimate of drug-likeness (QED) is 0.600. The molecule has 0 saturated heterocycles. The van der Waals surface area contributed by atoms with E-state index in [0.29, 0.717) is 10.4 Å². The minimum Gasteiger partial charge on any atom is -0.383 e. The second-order valence-corrected chi connectivity index (χ2v) is 7.41. The number of alkyl halides is 3. The molecule has 9 nitrogen and oxygen atoms in total. The zero-order valence-electron chi connectivity index (χ0n) is 15.6. The summed E-state index contributed by atoms with van der Waals surface area (Å²) in [6, 6.07) is 0. The summed E-state index contributed by atoms with van der Waals surface area (Å²) in [5.74, 6) is 0. The van der Waals surface area contributed by atoms with Gasteiger partial charge in [-0.3, -0.25) is 18.9 Å². The highest BCUT2D eigenvalue weighted by Crippen LogP contribution is 2.29. The van der Waals surface area contributed by atoms with Crippen LogP contribution in [0.1, 0.15) is 16.9 Å². The monoisotopic (exact) mass is 433 g/mol. The summed E-state index contributed by atoms with van der Waals surface area (Å²) in [5.41, 5.74) is -1.39. The van der Waals surface area contributed by atoms with E-state index in [1.165, 1.54) is 13.4 Å². The highest BCUT2D eigenvalue weighted by atomic mass is 32.1. The van der Waals surface area contributed by atoms with Gasteiger partial charge >= 0.3 is 17.6 Å². The lowest BCUT2D eigenvalue weighted by molar-refractivity contribution is -0.136. The van der Waals surface area contributed by atoms with E-state index in [1.807, 2.05) is 0 Å². The Kier molecular flexibility index (Phi) is 5.80. The molecule has 1 N–H and O–H groups in total. The molecule has 158 valence electrons. The lowest BCUT2D eigenvalue weighted by Crippen LogP contribution is -2.41. The van der Waals surface area contributed by atoms with Gasteiger partial charge in [0, 0.05) is 18.5 Å². The minimum atomic E-state index is -4.46. The van der Waals surface area contributed by atoms with E-state index in [2.05, 4.69) is 10.1 Å². The summed E-state index contributed by atoms with van der Waals surface area (Å²) in [6.07, 6.45) is -4.46. The van der Waals surface area contributed by atoms with Crippen LogP contribution in [0, 0.1) is 6.92 Å². The fraction of sp³-hybridized carbons (Fsp3) is 0.500. The third kappa shape index (κ3) is 4.19. The Hall–Kier alpha value is -2.67. The van der Waals surface area contributed by atoms with Gasteiger partial charge in [0.2, 0.25) is 0 Å². The number of fused-ring (bicyclic) bond motifs is 1. The normalized spacial score (nSPS) is 12.2. The molecule has 0 fully saturated rings. The standard InChI is InChI=1S/C16H18F3N5O4S/c1-9-10(7-24-14(26)20-8-21-24)29-13-11(9)12(25)22(5-6-28-2)15(27)23(13)4-3-16(17,18)19/h8H,3-7H2,1-2H3,(H,20,21,26). The number of hydrogen-bond acceptors (Lipinski definition) is 6. The second kappa shape index (κ2) is 7.99. The molecule has 3 rings (SSSR count).